The highest BCUT2D eigenvalue weighted by molar-refractivity contribution is 7.90. The van der Waals surface area contributed by atoms with Crippen LogP contribution >= 0.6 is 11.6 Å². The zero-order valence-corrected chi connectivity index (χ0v) is 20.0. The van der Waals surface area contributed by atoms with Gasteiger partial charge in [0.2, 0.25) is 5.95 Å². The van der Waals surface area contributed by atoms with Gasteiger partial charge in [-0.2, -0.15) is 0 Å². The first kappa shape index (κ1) is 23.7. The summed E-state index contributed by atoms with van der Waals surface area (Å²) in [7, 11) is -3.90. The van der Waals surface area contributed by atoms with Crippen LogP contribution in [-0.2, 0) is 10.0 Å². The summed E-state index contributed by atoms with van der Waals surface area (Å²) in [6.07, 6.45) is 2.45. The van der Waals surface area contributed by atoms with E-state index < -0.39 is 28.0 Å². The molecule has 2 unspecified atom stereocenters. The second-order valence-electron chi connectivity index (χ2n) is 8.67. The number of nitrogens with zero attached hydrogens (tertiary/aromatic N) is 3. The number of para-hydroxylation sites is 1. The Morgan fingerprint density at radius 3 is 2.54 bits per heavy atom. The summed E-state index contributed by atoms with van der Waals surface area (Å²) >= 11 is 6.43. The van der Waals surface area contributed by atoms with Crippen LogP contribution in [0.3, 0.4) is 0 Å². The zero-order chi connectivity index (χ0) is 24.8. The smallest absolute Gasteiger partial charge is 0.268 e. The van der Waals surface area contributed by atoms with Crippen molar-refractivity contribution in [3.05, 3.63) is 72.0 Å². The van der Waals surface area contributed by atoms with Gasteiger partial charge in [0.1, 0.15) is 0 Å². The number of hydrogen-bond donors (Lipinski definition) is 2. The molecular formula is C24H22ClF2N5O2S. The number of nitrogens with two attached hydrogens (primary N) is 1. The van der Waals surface area contributed by atoms with Crippen molar-refractivity contribution in [2.45, 2.75) is 42.2 Å². The Morgan fingerprint density at radius 1 is 1.09 bits per heavy atom. The number of anilines is 1. The first-order chi connectivity index (χ1) is 16.6. The fourth-order valence-electron chi connectivity index (χ4n) is 4.52. The Hall–Kier alpha value is -3.08. The van der Waals surface area contributed by atoms with E-state index in [0.717, 1.165) is 0 Å². The van der Waals surface area contributed by atoms with Crippen molar-refractivity contribution >= 4 is 38.5 Å². The fourth-order valence-corrected chi connectivity index (χ4v) is 6.10. The Kier molecular flexibility index (Phi) is 5.98. The SMILES string of the molecule is NC1CC(Nc2ncc(Cl)c(-c3cn(S(=O)(=O)c4ccccc4)c4ccccc34)n2)CC(F)(F)C1. The molecule has 1 saturated carbocycles. The van der Waals surface area contributed by atoms with E-state index in [1.807, 2.05) is 0 Å². The Balaban J connectivity index is 1.58. The number of alkyl halides is 2. The lowest BCUT2D eigenvalue weighted by Gasteiger charge is -2.33. The molecule has 182 valence electrons. The highest BCUT2D eigenvalue weighted by Crippen LogP contribution is 2.37. The van der Waals surface area contributed by atoms with E-state index >= 15 is 0 Å². The van der Waals surface area contributed by atoms with Crippen LogP contribution in [0.1, 0.15) is 19.3 Å². The highest BCUT2D eigenvalue weighted by Gasteiger charge is 2.40. The van der Waals surface area contributed by atoms with Crippen molar-refractivity contribution in [2.24, 2.45) is 5.73 Å². The number of hydrogen-bond acceptors (Lipinski definition) is 6. The molecular weight excluding hydrogens is 496 g/mol. The number of fused-ring (bicyclic) bond motifs is 1. The summed E-state index contributed by atoms with van der Waals surface area (Å²) in [6.45, 7) is 0. The molecule has 1 fully saturated rings. The number of aromatic nitrogens is 3. The van der Waals surface area contributed by atoms with E-state index in [1.54, 1.807) is 42.5 Å². The van der Waals surface area contributed by atoms with Gasteiger partial charge in [-0.3, -0.25) is 0 Å². The van der Waals surface area contributed by atoms with Crippen LogP contribution in [0.4, 0.5) is 14.7 Å². The van der Waals surface area contributed by atoms with Crippen LogP contribution in [-0.4, -0.2) is 40.4 Å². The molecule has 5 rings (SSSR count). The van der Waals surface area contributed by atoms with E-state index in [2.05, 4.69) is 15.3 Å². The maximum atomic E-state index is 14.0. The van der Waals surface area contributed by atoms with Gasteiger partial charge in [-0.05, 0) is 24.6 Å². The van der Waals surface area contributed by atoms with E-state index in [-0.39, 0.29) is 34.4 Å². The summed E-state index contributed by atoms with van der Waals surface area (Å²) < 4.78 is 56.0. The van der Waals surface area contributed by atoms with E-state index in [0.29, 0.717) is 22.9 Å². The third-order valence-corrected chi connectivity index (χ3v) is 7.97. The Bertz CT molecular complexity index is 1490. The van der Waals surface area contributed by atoms with Gasteiger partial charge in [0.25, 0.3) is 15.9 Å². The van der Waals surface area contributed by atoms with Crippen LogP contribution in [0.25, 0.3) is 22.2 Å². The zero-order valence-electron chi connectivity index (χ0n) is 18.4. The van der Waals surface area contributed by atoms with Gasteiger partial charge >= 0.3 is 0 Å². The van der Waals surface area contributed by atoms with Crippen molar-refractivity contribution < 1.29 is 17.2 Å². The van der Waals surface area contributed by atoms with Gasteiger partial charge in [0.05, 0.1) is 27.3 Å². The monoisotopic (exact) mass is 517 g/mol. The van der Waals surface area contributed by atoms with Crippen molar-refractivity contribution in [3.63, 3.8) is 0 Å². The molecule has 3 N–H and O–H groups in total. The molecule has 35 heavy (non-hydrogen) atoms. The van der Waals surface area contributed by atoms with E-state index in [4.69, 9.17) is 17.3 Å². The molecule has 0 spiro atoms. The van der Waals surface area contributed by atoms with Gasteiger partial charge in [-0.25, -0.2) is 31.1 Å². The molecule has 0 radical (unpaired) electrons. The summed E-state index contributed by atoms with van der Waals surface area (Å²) in [4.78, 5) is 8.77. The molecule has 0 aliphatic heterocycles. The summed E-state index contributed by atoms with van der Waals surface area (Å²) in [5.74, 6) is -2.76. The molecule has 1 aliphatic carbocycles. The van der Waals surface area contributed by atoms with Crippen LogP contribution in [0, 0.1) is 0 Å². The summed E-state index contributed by atoms with van der Waals surface area (Å²) in [6, 6.07) is 13.8. The minimum atomic E-state index is -3.90. The minimum absolute atomic E-state index is 0.113. The maximum Gasteiger partial charge on any atom is 0.268 e. The van der Waals surface area contributed by atoms with Crippen molar-refractivity contribution in [1.82, 2.24) is 13.9 Å². The standard InChI is InChI=1S/C24H22ClF2N5O2S/c25-20-13-29-23(30-16-10-15(28)11-24(26,27)12-16)31-22(20)19-14-32(21-9-5-4-8-18(19)21)35(33,34)17-6-2-1-3-7-17/h1-9,13-16H,10-12,28H2,(H,29,30,31). The van der Waals surface area contributed by atoms with Crippen LogP contribution in [0.2, 0.25) is 5.02 Å². The van der Waals surface area contributed by atoms with Crippen LogP contribution in [0.15, 0.2) is 71.9 Å². The lowest BCUT2D eigenvalue weighted by molar-refractivity contribution is -0.0433. The van der Waals surface area contributed by atoms with E-state index in [9.17, 15) is 17.2 Å². The second kappa shape index (κ2) is 8.85. The molecule has 4 aromatic rings. The first-order valence-corrected chi connectivity index (χ1v) is 12.8. The highest BCUT2D eigenvalue weighted by atomic mass is 35.5. The quantitative estimate of drug-likeness (QED) is 0.389. The normalized spacial score (nSPS) is 20.1. The average Bonchev–Trinajstić information content (AvgIpc) is 3.20. The molecule has 0 bridgehead atoms. The summed E-state index contributed by atoms with van der Waals surface area (Å²) in [5, 5.41) is 3.76. The number of rotatable bonds is 5. The van der Waals surface area contributed by atoms with Crippen molar-refractivity contribution in [3.8, 4) is 11.3 Å². The van der Waals surface area contributed by atoms with Crippen LogP contribution < -0.4 is 11.1 Å². The second-order valence-corrected chi connectivity index (χ2v) is 10.9. The topological polar surface area (TPSA) is 103 Å². The van der Waals surface area contributed by atoms with Crippen molar-refractivity contribution in [2.75, 3.05) is 5.32 Å². The number of benzene rings is 2. The third kappa shape index (κ3) is 4.61. The lowest BCUT2D eigenvalue weighted by atomic mass is 9.88. The van der Waals surface area contributed by atoms with Gasteiger partial charge in [-0.1, -0.05) is 48.0 Å². The fraction of sp³-hybridized carbons (Fsp3) is 0.250. The van der Waals surface area contributed by atoms with Gasteiger partial charge in [-0.15, -0.1) is 0 Å². The molecule has 0 saturated heterocycles. The van der Waals surface area contributed by atoms with E-state index in [1.165, 1.54) is 28.5 Å². The van der Waals surface area contributed by atoms with Crippen LogP contribution in [0.5, 0.6) is 0 Å². The average molecular weight is 518 g/mol. The molecule has 0 amide bonds. The lowest BCUT2D eigenvalue weighted by Crippen LogP contribution is -2.44. The number of nitrogens with one attached hydrogen (secondary N) is 1. The molecule has 2 atom stereocenters. The largest absolute Gasteiger partial charge is 0.351 e. The minimum Gasteiger partial charge on any atom is -0.351 e. The van der Waals surface area contributed by atoms with Gasteiger partial charge < -0.3 is 11.1 Å². The number of halogens is 3. The van der Waals surface area contributed by atoms with Gasteiger partial charge in [0, 0.05) is 42.1 Å². The van der Waals surface area contributed by atoms with Crippen molar-refractivity contribution in [1.29, 1.82) is 0 Å². The third-order valence-electron chi connectivity index (χ3n) is 6.00. The Labute approximate surface area is 206 Å². The predicted molar refractivity (Wildman–Crippen MR) is 131 cm³/mol. The molecule has 11 heteroatoms. The molecule has 7 nitrogen and oxygen atoms in total. The molecule has 2 aromatic carbocycles. The first-order valence-electron chi connectivity index (χ1n) is 11.0. The Morgan fingerprint density at radius 2 is 1.80 bits per heavy atom. The predicted octanol–water partition coefficient (Wildman–Crippen LogP) is 4.92. The molecule has 2 aromatic heterocycles. The maximum absolute atomic E-state index is 14.0. The molecule has 1 aliphatic rings. The van der Waals surface area contributed by atoms with Gasteiger partial charge in [0.15, 0.2) is 0 Å². The summed E-state index contributed by atoms with van der Waals surface area (Å²) in [5.41, 5.74) is 7.02. The molecule has 2 heterocycles.